The zero-order chi connectivity index (χ0) is 19.5. The maximum Gasteiger partial charge on any atom is 0.194 e. The fourth-order valence-corrected chi connectivity index (χ4v) is 4.69. The van der Waals surface area contributed by atoms with Crippen molar-refractivity contribution in [3.63, 3.8) is 0 Å². The number of ether oxygens (including phenoxy) is 1. The van der Waals surface area contributed by atoms with Gasteiger partial charge in [0.25, 0.3) is 0 Å². The van der Waals surface area contributed by atoms with Gasteiger partial charge < -0.3 is 15.0 Å². The van der Waals surface area contributed by atoms with Crippen LogP contribution in [0, 0.1) is 0 Å². The predicted octanol–water partition coefficient (Wildman–Crippen LogP) is 2.59. The average Bonchev–Trinajstić information content (AvgIpc) is 2.58. The monoisotopic (exact) mass is 393 g/mol. The van der Waals surface area contributed by atoms with Crippen LogP contribution in [0.1, 0.15) is 45.6 Å². The number of para-hydroxylation sites is 1. The third-order valence-corrected chi connectivity index (χ3v) is 7.93. The van der Waals surface area contributed by atoms with Crippen LogP contribution in [0.5, 0.6) is 5.75 Å². The minimum Gasteiger partial charge on any atom is -0.490 e. The van der Waals surface area contributed by atoms with Crippen molar-refractivity contribution in [2.24, 2.45) is 4.99 Å². The molecule has 150 valence electrons. The van der Waals surface area contributed by atoms with Crippen molar-refractivity contribution in [3.05, 3.63) is 29.8 Å². The van der Waals surface area contributed by atoms with E-state index in [9.17, 15) is 8.42 Å². The Hall–Kier alpha value is -1.76. The molecule has 2 fully saturated rings. The first-order valence-electron chi connectivity index (χ1n) is 9.82. The van der Waals surface area contributed by atoms with Gasteiger partial charge in [0, 0.05) is 25.2 Å². The number of nitrogens with one attached hydrogen (secondary N) is 1. The van der Waals surface area contributed by atoms with E-state index < -0.39 is 14.6 Å². The summed E-state index contributed by atoms with van der Waals surface area (Å²) in [6.07, 6.45) is 3.81. The number of aliphatic imine (C=N–C) groups is 1. The van der Waals surface area contributed by atoms with Gasteiger partial charge in [0.2, 0.25) is 0 Å². The van der Waals surface area contributed by atoms with Crippen LogP contribution in [0.2, 0.25) is 0 Å². The molecule has 3 rings (SSSR count). The quantitative estimate of drug-likeness (QED) is 0.615. The van der Waals surface area contributed by atoms with Crippen LogP contribution in [-0.4, -0.2) is 55.5 Å². The molecule has 1 aromatic rings. The maximum atomic E-state index is 12.3. The summed E-state index contributed by atoms with van der Waals surface area (Å²) in [5.41, 5.74) is 1.06. The molecule has 1 heterocycles. The Balaban J connectivity index is 1.75. The smallest absolute Gasteiger partial charge is 0.194 e. The van der Waals surface area contributed by atoms with Gasteiger partial charge in [-0.2, -0.15) is 0 Å². The SMILES string of the molecule is CCNC(=NCc1ccccc1OC1CCC1)N1CCS(=O)(=O)C(C)(C)C1. The van der Waals surface area contributed by atoms with Gasteiger partial charge in [-0.05, 0) is 46.1 Å². The Morgan fingerprint density at radius 3 is 2.70 bits per heavy atom. The summed E-state index contributed by atoms with van der Waals surface area (Å²) < 4.78 is 29.9. The fraction of sp³-hybridized carbons (Fsp3) is 0.650. The lowest BCUT2D eigenvalue weighted by atomic mass is 9.96. The van der Waals surface area contributed by atoms with E-state index in [0.29, 0.717) is 25.7 Å². The molecule has 1 saturated heterocycles. The molecular weight excluding hydrogens is 362 g/mol. The number of rotatable bonds is 5. The van der Waals surface area contributed by atoms with Crippen molar-refractivity contribution in [1.82, 2.24) is 10.2 Å². The van der Waals surface area contributed by atoms with E-state index in [2.05, 4.69) is 10.2 Å². The lowest BCUT2D eigenvalue weighted by Crippen LogP contribution is -2.57. The first-order valence-corrected chi connectivity index (χ1v) is 11.5. The number of hydrogen-bond donors (Lipinski definition) is 1. The normalized spacial score (nSPS) is 22.2. The van der Waals surface area contributed by atoms with Gasteiger partial charge >= 0.3 is 0 Å². The highest BCUT2D eigenvalue weighted by Crippen LogP contribution is 2.28. The largest absolute Gasteiger partial charge is 0.490 e. The Kier molecular flexibility index (Phi) is 5.99. The van der Waals surface area contributed by atoms with Crippen LogP contribution >= 0.6 is 0 Å². The molecule has 1 saturated carbocycles. The van der Waals surface area contributed by atoms with Crippen molar-refractivity contribution in [1.29, 1.82) is 0 Å². The predicted molar refractivity (Wildman–Crippen MR) is 109 cm³/mol. The van der Waals surface area contributed by atoms with E-state index >= 15 is 0 Å². The summed E-state index contributed by atoms with van der Waals surface area (Å²) in [7, 11) is -3.07. The minimum atomic E-state index is -3.07. The van der Waals surface area contributed by atoms with Crippen molar-refractivity contribution >= 4 is 15.8 Å². The second kappa shape index (κ2) is 8.09. The summed E-state index contributed by atoms with van der Waals surface area (Å²) in [5, 5.41) is 3.31. The first kappa shape index (κ1) is 20.0. The highest BCUT2D eigenvalue weighted by Gasteiger charge is 2.41. The zero-order valence-electron chi connectivity index (χ0n) is 16.6. The maximum absolute atomic E-state index is 12.3. The van der Waals surface area contributed by atoms with Gasteiger partial charge in [0.1, 0.15) is 5.75 Å². The van der Waals surface area contributed by atoms with Crippen molar-refractivity contribution in [3.8, 4) is 5.75 Å². The molecule has 1 aliphatic carbocycles. The van der Waals surface area contributed by atoms with Gasteiger partial charge in [-0.15, -0.1) is 0 Å². The van der Waals surface area contributed by atoms with Gasteiger partial charge in [-0.1, -0.05) is 18.2 Å². The van der Waals surface area contributed by atoms with Gasteiger partial charge in [-0.25, -0.2) is 13.4 Å². The van der Waals surface area contributed by atoms with Crippen LogP contribution in [0.4, 0.5) is 0 Å². The summed E-state index contributed by atoms with van der Waals surface area (Å²) in [6.45, 7) is 7.77. The molecule has 1 N–H and O–H groups in total. The molecule has 0 amide bonds. The average molecular weight is 394 g/mol. The molecular formula is C20H31N3O3S. The van der Waals surface area contributed by atoms with Crippen LogP contribution in [-0.2, 0) is 16.4 Å². The van der Waals surface area contributed by atoms with E-state index in [1.165, 1.54) is 6.42 Å². The molecule has 2 aliphatic rings. The number of nitrogens with zero attached hydrogens (tertiary/aromatic N) is 2. The highest BCUT2D eigenvalue weighted by atomic mass is 32.2. The molecule has 0 atom stereocenters. The molecule has 1 aromatic carbocycles. The summed E-state index contributed by atoms with van der Waals surface area (Å²) in [6, 6.07) is 8.05. The van der Waals surface area contributed by atoms with E-state index in [1.807, 2.05) is 31.2 Å². The number of hydrogen-bond acceptors (Lipinski definition) is 4. The third kappa shape index (κ3) is 4.57. The molecule has 0 bridgehead atoms. The Morgan fingerprint density at radius 2 is 2.07 bits per heavy atom. The van der Waals surface area contributed by atoms with Crippen molar-refractivity contribution < 1.29 is 13.2 Å². The van der Waals surface area contributed by atoms with Crippen molar-refractivity contribution in [2.45, 2.75) is 57.4 Å². The van der Waals surface area contributed by atoms with Crippen LogP contribution in [0.3, 0.4) is 0 Å². The summed E-state index contributed by atoms with van der Waals surface area (Å²) in [5.74, 6) is 1.83. The van der Waals surface area contributed by atoms with E-state index in [0.717, 1.165) is 36.7 Å². The number of guanidine groups is 1. The Labute approximate surface area is 162 Å². The van der Waals surface area contributed by atoms with E-state index in [4.69, 9.17) is 9.73 Å². The fourth-order valence-electron chi connectivity index (χ4n) is 3.33. The zero-order valence-corrected chi connectivity index (χ0v) is 17.4. The Bertz CT molecular complexity index is 785. The molecule has 0 radical (unpaired) electrons. The topological polar surface area (TPSA) is 71.0 Å². The second-order valence-electron chi connectivity index (χ2n) is 7.95. The van der Waals surface area contributed by atoms with Gasteiger partial charge in [0.05, 0.1) is 23.1 Å². The van der Waals surface area contributed by atoms with Crippen molar-refractivity contribution in [2.75, 3.05) is 25.4 Å². The Morgan fingerprint density at radius 1 is 1.33 bits per heavy atom. The lowest BCUT2D eigenvalue weighted by molar-refractivity contribution is 0.119. The van der Waals surface area contributed by atoms with E-state index in [-0.39, 0.29) is 5.75 Å². The van der Waals surface area contributed by atoms with Gasteiger partial charge in [0.15, 0.2) is 15.8 Å². The molecule has 0 spiro atoms. The molecule has 7 heteroatoms. The second-order valence-corrected chi connectivity index (χ2v) is 10.7. The number of sulfone groups is 1. The van der Waals surface area contributed by atoms with Crippen LogP contribution in [0.15, 0.2) is 29.3 Å². The molecule has 1 aliphatic heterocycles. The molecule has 0 aromatic heterocycles. The molecule has 27 heavy (non-hydrogen) atoms. The van der Waals surface area contributed by atoms with Crippen LogP contribution < -0.4 is 10.1 Å². The number of benzene rings is 1. The third-order valence-electron chi connectivity index (χ3n) is 5.40. The standard InChI is InChI=1S/C20H31N3O3S/c1-4-21-19(23-12-13-27(24,25)20(2,3)15-23)22-14-16-8-5-6-11-18(16)26-17-9-7-10-17/h5-6,8,11,17H,4,7,9-10,12-15H2,1-3H3,(H,21,22). The summed E-state index contributed by atoms with van der Waals surface area (Å²) >= 11 is 0. The first-order chi connectivity index (χ1) is 12.8. The minimum absolute atomic E-state index is 0.159. The van der Waals surface area contributed by atoms with Gasteiger partial charge in [-0.3, -0.25) is 0 Å². The summed E-state index contributed by atoms with van der Waals surface area (Å²) in [4.78, 5) is 6.84. The molecule has 6 nitrogen and oxygen atoms in total. The van der Waals surface area contributed by atoms with Crippen LogP contribution in [0.25, 0.3) is 0 Å². The lowest BCUT2D eigenvalue weighted by Gasteiger charge is -2.39. The highest BCUT2D eigenvalue weighted by molar-refractivity contribution is 7.92. The van der Waals surface area contributed by atoms with E-state index in [1.54, 1.807) is 13.8 Å². The molecule has 0 unspecified atom stereocenters.